The third-order valence-electron chi connectivity index (χ3n) is 3.47. The van der Waals surface area contributed by atoms with Crippen molar-refractivity contribution in [2.75, 3.05) is 0 Å². The minimum Gasteiger partial charge on any atom is -0.444 e. The van der Waals surface area contributed by atoms with Crippen molar-refractivity contribution in [1.82, 2.24) is 9.78 Å². The second-order valence-electron chi connectivity index (χ2n) is 5.21. The van der Waals surface area contributed by atoms with Gasteiger partial charge in [0.15, 0.2) is 6.10 Å². The predicted octanol–water partition coefficient (Wildman–Crippen LogP) is 3.61. The summed E-state index contributed by atoms with van der Waals surface area (Å²) in [5, 5.41) is 13.4. The maximum Gasteiger partial charge on any atom is 0.343 e. The first kappa shape index (κ1) is 15.5. The maximum atomic E-state index is 12.4. The number of carbonyl (C=O) groups excluding carboxylic acids is 1. The van der Waals surface area contributed by atoms with Gasteiger partial charge in [0, 0.05) is 11.8 Å². The third kappa shape index (κ3) is 3.18. The highest BCUT2D eigenvalue weighted by Crippen LogP contribution is 2.24. The Labute approximate surface area is 139 Å². The molecule has 5 heteroatoms. The average Bonchev–Trinajstić information content (AvgIpc) is 3.08. The Bertz CT molecular complexity index is 880. The van der Waals surface area contributed by atoms with Crippen molar-refractivity contribution in [2.45, 2.75) is 13.0 Å². The van der Waals surface area contributed by atoms with Gasteiger partial charge < -0.3 is 4.74 Å². The summed E-state index contributed by atoms with van der Waals surface area (Å²) in [5.74, 6) is -0.565. The number of ether oxygens (including phenoxy) is 1. The summed E-state index contributed by atoms with van der Waals surface area (Å²) >= 11 is 0. The topological polar surface area (TPSA) is 67.9 Å². The second kappa shape index (κ2) is 6.80. The molecule has 0 aliphatic carbocycles. The molecule has 0 spiro atoms. The first-order valence-corrected chi connectivity index (χ1v) is 7.50. The molecule has 2 aromatic carbocycles. The van der Waals surface area contributed by atoms with Gasteiger partial charge in [0.2, 0.25) is 0 Å². The summed E-state index contributed by atoms with van der Waals surface area (Å²) in [6, 6.07) is 20.8. The molecule has 0 aliphatic heterocycles. The fourth-order valence-corrected chi connectivity index (χ4v) is 2.30. The molecule has 1 aromatic heterocycles. The van der Waals surface area contributed by atoms with E-state index in [-0.39, 0.29) is 0 Å². The zero-order valence-corrected chi connectivity index (χ0v) is 13.1. The molecule has 5 nitrogen and oxygen atoms in total. The molecule has 0 radical (unpaired) electrons. The minimum absolute atomic E-state index is 0.326. The molecule has 1 atom stereocenters. The summed E-state index contributed by atoms with van der Waals surface area (Å²) < 4.78 is 6.78. The molecule has 3 aromatic rings. The van der Waals surface area contributed by atoms with E-state index in [9.17, 15) is 4.79 Å². The van der Waals surface area contributed by atoms with Crippen LogP contribution >= 0.6 is 0 Å². The van der Waals surface area contributed by atoms with Gasteiger partial charge in [0.1, 0.15) is 17.3 Å². The van der Waals surface area contributed by atoms with Crippen molar-refractivity contribution in [3.05, 3.63) is 72.4 Å². The van der Waals surface area contributed by atoms with Crippen LogP contribution < -0.4 is 0 Å². The fourth-order valence-electron chi connectivity index (χ4n) is 2.30. The number of para-hydroxylation sites is 1. The largest absolute Gasteiger partial charge is 0.444 e. The standard InChI is InChI=1S/C19H15N3O2/c1-14(12-20)24-19(23)17-13-22(16-10-6-3-7-11-16)21-18(17)15-8-4-2-5-9-15/h2-11,13-14H,1H3/t14-/m0/s1. The molecule has 0 fully saturated rings. The monoisotopic (exact) mass is 317 g/mol. The van der Waals surface area contributed by atoms with Gasteiger partial charge in [-0.25, -0.2) is 9.48 Å². The molecule has 0 saturated heterocycles. The van der Waals surface area contributed by atoms with Crippen LogP contribution in [0.1, 0.15) is 17.3 Å². The van der Waals surface area contributed by atoms with Crippen molar-refractivity contribution in [2.24, 2.45) is 0 Å². The van der Waals surface area contributed by atoms with E-state index in [0.717, 1.165) is 11.3 Å². The second-order valence-corrected chi connectivity index (χ2v) is 5.21. The fraction of sp³-hybridized carbons (Fsp3) is 0.105. The van der Waals surface area contributed by atoms with Crippen molar-refractivity contribution in [1.29, 1.82) is 5.26 Å². The van der Waals surface area contributed by atoms with E-state index in [1.54, 1.807) is 10.9 Å². The lowest BCUT2D eigenvalue weighted by Crippen LogP contribution is -2.13. The molecule has 118 valence electrons. The van der Waals surface area contributed by atoms with Crippen LogP contribution in [0.2, 0.25) is 0 Å². The number of benzene rings is 2. The van der Waals surface area contributed by atoms with Crippen LogP contribution in [0.15, 0.2) is 66.9 Å². The zero-order valence-electron chi connectivity index (χ0n) is 13.1. The molecular formula is C19H15N3O2. The zero-order chi connectivity index (χ0) is 16.9. The lowest BCUT2D eigenvalue weighted by Gasteiger charge is -2.05. The molecule has 24 heavy (non-hydrogen) atoms. The van der Waals surface area contributed by atoms with Gasteiger partial charge in [-0.05, 0) is 19.1 Å². The van der Waals surface area contributed by atoms with Crippen LogP contribution in [0.4, 0.5) is 0 Å². The number of aromatic nitrogens is 2. The first-order valence-electron chi connectivity index (χ1n) is 7.50. The van der Waals surface area contributed by atoms with Gasteiger partial charge in [-0.15, -0.1) is 0 Å². The number of rotatable bonds is 4. The van der Waals surface area contributed by atoms with Crippen molar-refractivity contribution >= 4 is 5.97 Å². The normalized spacial score (nSPS) is 11.5. The van der Waals surface area contributed by atoms with Gasteiger partial charge in [0.25, 0.3) is 0 Å². The van der Waals surface area contributed by atoms with Crippen LogP contribution in [0.5, 0.6) is 0 Å². The van der Waals surface area contributed by atoms with Crippen LogP contribution in [-0.2, 0) is 4.74 Å². The van der Waals surface area contributed by atoms with E-state index in [4.69, 9.17) is 10.00 Å². The molecule has 0 bridgehead atoms. The van der Waals surface area contributed by atoms with E-state index in [0.29, 0.717) is 11.3 Å². The lowest BCUT2D eigenvalue weighted by molar-refractivity contribution is 0.0436. The van der Waals surface area contributed by atoms with E-state index in [1.807, 2.05) is 66.7 Å². The maximum absolute atomic E-state index is 12.4. The number of esters is 1. The van der Waals surface area contributed by atoms with E-state index >= 15 is 0 Å². The predicted molar refractivity (Wildman–Crippen MR) is 89.5 cm³/mol. The average molecular weight is 317 g/mol. The Morgan fingerprint density at radius 3 is 2.38 bits per heavy atom. The van der Waals surface area contributed by atoms with E-state index in [1.165, 1.54) is 6.92 Å². The Hall–Kier alpha value is -3.39. The summed E-state index contributed by atoms with van der Waals surface area (Å²) in [4.78, 5) is 12.4. The molecule has 1 heterocycles. The molecule has 3 rings (SSSR count). The quantitative estimate of drug-likeness (QED) is 0.689. The van der Waals surface area contributed by atoms with E-state index in [2.05, 4.69) is 5.10 Å². The summed E-state index contributed by atoms with van der Waals surface area (Å²) in [6.45, 7) is 1.53. The van der Waals surface area contributed by atoms with Crippen LogP contribution in [-0.4, -0.2) is 21.9 Å². The van der Waals surface area contributed by atoms with Crippen LogP contribution in [0, 0.1) is 11.3 Å². The van der Waals surface area contributed by atoms with Gasteiger partial charge in [-0.2, -0.15) is 10.4 Å². The number of nitrogens with zero attached hydrogens (tertiary/aromatic N) is 3. The lowest BCUT2D eigenvalue weighted by atomic mass is 10.1. The van der Waals surface area contributed by atoms with Crippen molar-refractivity contribution in [3.8, 4) is 23.0 Å². The highest BCUT2D eigenvalue weighted by Gasteiger charge is 2.21. The highest BCUT2D eigenvalue weighted by molar-refractivity contribution is 5.96. The number of carbonyl (C=O) groups is 1. The smallest absolute Gasteiger partial charge is 0.343 e. The van der Waals surface area contributed by atoms with Crippen molar-refractivity contribution < 1.29 is 9.53 Å². The Kier molecular flexibility index (Phi) is 4.39. The molecule has 0 unspecified atom stereocenters. The third-order valence-corrected chi connectivity index (χ3v) is 3.47. The van der Waals surface area contributed by atoms with Crippen LogP contribution in [0.3, 0.4) is 0 Å². The Balaban J connectivity index is 2.07. The summed E-state index contributed by atoms with van der Waals surface area (Å²) in [5.41, 5.74) is 2.49. The van der Waals surface area contributed by atoms with Gasteiger partial charge in [0.05, 0.1) is 5.69 Å². The molecule has 0 N–H and O–H groups in total. The molecule has 0 aliphatic rings. The number of hydrogen-bond donors (Lipinski definition) is 0. The Morgan fingerprint density at radius 2 is 1.75 bits per heavy atom. The molecular weight excluding hydrogens is 302 g/mol. The minimum atomic E-state index is -0.818. The van der Waals surface area contributed by atoms with Crippen molar-refractivity contribution in [3.63, 3.8) is 0 Å². The molecule has 0 amide bonds. The van der Waals surface area contributed by atoms with Gasteiger partial charge >= 0.3 is 5.97 Å². The summed E-state index contributed by atoms with van der Waals surface area (Å²) in [6.07, 6.45) is 0.811. The molecule has 0 saturated carbocycles. The SMILES string of the molecule is C[C@@H](C#N)OC(=O)c1cn(-c2ccccc2)nc1-c1ccccc1. The van der Waals surface area contributed by atoms with E-state index < -0.39 is 12.1 Å². The summed E-state index contributed by atoms with van der Waals surface area (Å²) in [7, 11) is 0. The number of nitriles is 1. The van der Waals surface area contributed by atoms with Crippen LogP contribution in [0.25, 0.3) is 16.9 Å². The first-order chi connectivity index (χ1) is 11.7. The highest BCUT2D eigenvalue weighted by atomic mass is 16.5. The Morgan fingerprint density at radius 1 is 1.12 bits per heavy atom. The van der Waals surface area contributed by atoms with Gasteiger partial charge in [-0.1, -0.05) is 48.5 Å². The van der Waals surface area contributed by atoms with Gasteiger partial charge in [-0.3, -0.25) is 0 Å². The number of hydrogen-bond acceptors (Lipinski definition) is 4.